The number of aliphatic hydroxyl groups is 1. The average Bonchev–Trinajstić information content (AvgIpc) is 2.95. The van der Waals surface area contributed by atoms with Crippen LogP contribution in [0.3, 0.4) is 0 Å². The van der Waals surface area contributed by atoms with Gasteiger partial charge in [0.25, 0.3) is 0 Å². The average molecular weight is 488 g/mol. The van der Waals surface area contributed by atoms with E-state index >= 15 is 0 Å². The SMILES string of the molecule is Cc1ccc(N2CC(c3cccc(CO)c3)OC(c3ncccn3)C2)cc1NC(=O)C1CCNCC1. The molecule has 2 atom stereocenters. The van der Waals surface area contributed by atoms with Gasteiger partial charge in [0.2, 0.25) is 5.91 Å². The Morgan fingerprint density at radius 1 is 1.08 bits per heavy atom. The first-order valence-electron chi connectivity index (χ1n) is 12.6. The molecule has 3 heterocycles. The minimum atomic E-state index is -0.322. The van der Waals surface area contributed by atoms with Crippen molar-refractivity contribution in [3.63, 3.8) is 0 Å². The summed E-state index contributed by atoms with van der Waals surface area (Å²) in [6.45, 7) is 4.98. The number of morpholine rings is 1. The van der Waals surface area contributed by atoms with E-state index in [0.29, 0.717) is 18.9 Å². The number of benzene rings is 2. The molecule has 3 aromatic rings. The summed E-state index contributed by atoms with van der Waals surface area (Å²) in [5.41, 5.74) is 4.73. The molecule has 2 fully saturated rings. The molecular formula is C28H33N5O3. The van der Waals surface area contributed by atoms with Crippen molar-refractivity contribution >= 4 is 17.3 Å². The number of ether oxygens (including phenoxy) is 1. The Balaban J connectivity index is 1.42. The second-order valence-electron chi connectivity index (χ2n) is 9.54. The van der Waals surface area contributed by atoms with E-state index in [1.54, 1.807) is 18.5 Å². The van der Waals surface area contributed by atoms with E-state index in [9.17, 15) is 9.90 Å². The van der Waals surface area contributed by atoms with Gasteiger partial charge in [-0.2, -0.15) is 0 Å². The highest BCUT2D eigenvalue weighted by Crippen LogP contribution is 2.36. The summed E-state index contributed by atoms with van der Waals surface area (Å²) in [5, 5.41) is 16.1. The molecular weight excluding hydrogens is 454 g/mol. The van der Waals surface area contributed by atoms with Crippen molar-refractivity contribution in [2.45, 2.75) is 38.6 Å². The number of hydrogen-bond donors (Lipinski definition) is 3. The molecule has 0 aliphatic carbocycles. The van der Waals surface area contributed by atoms with Crippen LogP contribution in [0.2, 0.25) is 0 Å². The van der Waals surface area contributed by atoms with Crippen molar-refractivity contribution in [2.24, 2.45) is 5.92 Å². The minimum absolute atomic E-state index is 0.0203. The quantitative estimate of drug-likeness (QED) is 0.489. The van der Waals surface area contributed by atoms with Crippen molar-refractivity contribution in [1.29, 1.82) is 0 Å². The van der Waals surface area contributed by atoms with Crippen LogP contribution in [-0.4, -0.2) is 47.2 Å². The molecule has 2 unspecified atom stereocenters. The van der Waals surface area contributed by atoms with Gasteiger partial charge in [-0.1, -0.05) is 30.3 Å². The molecule has 8 heteroatoms. The molecule has 2 aliphatic heterocycles. The lowest BCUT2D eigenvalue weighted by atomic mass is 9.97. The largest absolute Gasteiger partial charge is 0.392 e. The lowest BCUT2D eigenvalue weighted by Crippen LogP contribution is -2.41. The van der Waals surface area contributed by atoms with Gasteiger partial charge >= 0.3 is 0 Å². The number of aliphatic hydroxyl groups excluding tert-OH is 1. The van der Waals surface area contributed by atoms with Gasteiger partial charge in [-0.05, 0) is 67.7 Å². The zero-order chi connectivity index (χ0) is 24.9. The van der Waals surface area contributed by atoms with Crippen LogP contribution in [0, 0.1) is 12.8 Å². The van der Waals surface area contributed by atoms with Gasteiger partial charge in [-0.15, -0.1) is 0 Å². The smallest absolute Gasteiger partial charge is 0.227 e. The molecule has 8 nitrogen and oxygen atoms in total. The normalized spacial score (nSPS) is 20.8. The van der Waals surface area contributed by atoms with Gasteiger partial charge in [-0.25, -0.2) is 9.97 Å². The van der Waals surface area contributed by atoms with Crippen LogP contribution in [0.5, 0.6) is 0 Å². The number of rotatable bonds is 6. The fourth-order valence-electron chi connectivity index (χ4n) is 4.93. The highest BCUT2D eigenvalue weighted by molar-refractivity contribution is 5.94. The number of carbonyl (C=O) groups excluding carboxylic acids is 1. The maximum atomic E-state index is 12.9. The van der Waals surface area contributed by atoms with Crippen molar-refractivity contribution in [3.8, 4) is 0 Å². The molecule has 0 saturated carbocycles. The molecule has 1 amide bonds. The summed E-state index contributed by atoms with van der Waals surface area (Å²) >= 11 is 0. The number of aromatic nitrogens is 2. The Kier molecular flexibility index (Phi) is 7.55. The van der Waals surface area contributed by atoms with E-state index in [1.165, 1.54) is 0 Å². The molecule has 0 radical (unpaired) electrons. The first kappa shape index (κ1) is 24.4. The van der Waals surface area contributed by atoms with Crippen molar-refractivity contribution in [2.75, 3.05) is 36.4 Å². The number of aryl methyl sites for hydroxylation is 1. The van der Waals surface area contributed by atoms with E-state index in [-0.39, 0.29) is 30.6 Å². The van der Waals surface area contributed by atoms with Gasteiger partial charge in [0.1, 0.15) is 12.2 Å². The monoisotopic (exact) mass is 487 g/mol. The third kappa shape index (κ3) is 5.56. The number of anilines is 2. The van der Waals surface area contributed by atoms with Gasteiger partial charge in [-0.3, -0.25) is 4.79 Å². The van der Waals surface area contributed by atoms with Gasteiger partial charge < -0.3 is 25.4 Å². The highest BCUT2D eigenvalue weighted by atomic mass is 16.5. The van der Waals surface area contributed by atoms with Crippen molar-refractivity contribution < 1.29 is 14.6 Å². The summed E-state index contributed by atoms with van der Waals surface area (Å²) in [4.78, 5) is 24.1. The number of amides is 1. The molecule has 2 aliphatic rings. The predicted molar refractivity (Wildman–Crippen MR) is 139 cm³/mol. The number of hydrogen-bond acceptors (Lipinski definition) is 7. The van der Waals surface area contributed by atoms with E-state index in [0.717, 1.165) is 54.0 Å². The lowest BCUT2D eigenvalue weighted by molar-refractivity contribution is -0.120. The zero-order valence-electron chi connectivity index (χ0n) is 20.6. The predicted octanol–water partition coefficient (Wildman–Crippen LogP) is 3.53. The molecule has 36 heavy (non-hydrogen) atoms. The van der Waals surface area contributed by atoms with Crippen LogP contribution < -0.4 is 15.5 Å². The van der Waals surface area contributed by atoms with E-state index < -0.39 is 0 Å². The number of piperidine rings is 1. The topological polar surface area (TPSA) is 99.6 Å². The summed E-state index contributed by atoms with van der Waals surface area (Å²) < 4.78 is 6.48. The standard InChI is InChI=1S/C28H33N5O3/c1-19-6-7-23(15-24(19)32-28(35)21-8-12-29-13-9-21)33-16-25(22-5-2-4-20(14-22)18-34)36-26(17-33)27-30-10-3-11-31-27/h2-7,10-11,14-15,21,25-26,29,34H,8-9,12-13,16-18H2,1H3,(H,32,35). The first-order valence-corrected chi connectivity index (χ1v) is 12.6. The molecule has 0 bridgehead atoms. The van der Waals surface area contributed by atoms with Gasteiger partial charge in [0, 0.05) is 36.2 Å². The van der Waals surface area contributed by atoms with Crippen LogP contribution in [0.1, 0.15) is 47.6 Å². The maximum Gasteiger partial charge on any atom is 0.227 e. The number of nitrogens with zero attached hydrogens (tertiary/aromatic N) is 3. The van der Waals surface area contributed by atoms with E-state index in [4.69, 9.17) is 4.74 Å². The van der Waals surface area contributed by atoms with Crippen LogP contribution in [-0.2, 0) is 16.1 Å². The minimum Gasteiger partial charge on any atom is -0.392 e. The molecule has 1 aromatic heterocycles. The molecule has 2 aromatic carbocycles. The summed E-state index contributed by atoms with van der Waals surface area (Å²) in [7, 11) is 0. The molecule has 0 spiro atoms. The Bertz CT molecular complexity index is 1180. The summed E-state index contributed by atoms with van der Waals surface area (Å²) in [5.74, 6) is 0.769. The van der Waals surface area contributed by atoms with Crippen LogP contribution >= 0.6 is 0 Å². The van der Waals surface area contributed by atoms with Crippen molar-refractivity contribution in [3.05, 3.63) is 83.4 Å². The zero-order valence-corrected chi connectivity index (χ0v) is 20.6. The third-order valence-corrected chi connectivity index (χ3v) is 7.03. The summed E-state index contributed by atoms with van der Waals surface area (Å²) in [6, 6.07) is 15.8. The number of carbonyl (C=O) groups is 1. The first-order chi connectivity index (χ1) is 17.6. The maximum absolute atomic E-state index is 12.9. The second-order valence-corrected chi connectivity index (χ2v) is 9.54. The lowest BCUT2D eigenvalue weighted by Gasteiger charge is -2.39. The molecule has 3 N–H and O–H groups in total. The molecule has 5 rings (SSSR count). The molecule has 2 saturated heterocycles. The van der Waals surface area contributed by atoms with Gasteiger partial charge in [0.15, 0.2) is 5.82 Å². The van der Waals surface area contributed by atoms with Crippen LogP contribution in [0.25, 0.3) is 0 Å². The van der Waals surface area contributed by atoms with Crippen molar-refractivity contribution in [1.82, 2.24) is 15.3 Å². The Morgan fingerprint density at radius 2 is 1.86 bits per heavy atom. The van der Waals surface area contributed by atoms with Crippen LogP contribution in [0.15, 0.2) is 60.9 Å². The fraction of sp³-hybridized carbons (Fsp3) is 0.393. The highest BCUT2D eigenvalue weighted by Gasteiger charge is 2.32. The van der Waals surface area contributed by atoms with Gasteiger partial charge in [0.05, 0.1) is 13.2 Å². The number of nitrogens with one attached hydrogen (secondary N) is 2. The summed E-state index contributed by atoms with van der Waals surface area (Å²) in [6.07, 6.45) is 4.63. The van der Waals surface area contributed by atoms with E-state index in [2.05, 4.69) is 43.7 Å². The third-order valence-electron chi connectivity index (χ3n) is 7.03. The Hall–Kier alpha value is -3.33. The molecule has 188 valence electrons. The second kappa shape index (κ2) is 11.2. The van der Waals surface area contributed by atoms with E-state index in [1.807, 2.05) is 31.2 Å². The fourth-order valence-corrected chi connectivity index (χ4v) is 4.93. The Labute approximate surface area is 211 Å². The Morgan fingerprint density at radius 3 is 2.64 bits per heavy atom. The van der Waals surface area contributed by atoms with Crippen LogP contribution in [0.4, 0.5) is 11.4 Å².